The van der Waals surface area contributed by atoms with Crippen LogP contribution in [-0.2, 0) is 24.0 Å². The minimum atomic E-state index is -1.24. The quantitative estimate of drug-likeness (QED) is 0.129. The minimum absolute atomic E-state index is 0.0292. The number of carboxylic acid groups (broad SMARTS) is 1. The number of pyridine rings is 1. The molecule has 0 radical (unpaired) electrons. The molecular weight excluding hydrogens is 522 g/mol. The summed E-state index contributed by atoms with van der Waals surface area (Å²) in [5.41, 5.74) is 5.41. The summed E-state index contributed by atoms with van der Waals surface area (Å²) >= 11 is 0. The Kier molecular flexibility index (Phi) is 13.0. The highest BCUT2D eigenvalue weighted by Crippen LogP contribution is 2.09. The van der Waals surface area contributed by atoms with E-state index in [0.29, 0.717) is 6.42 Å². The van der Waals surface area contributed by atoms with Crippen LogP contribution in [0.3, 0.4) is 0 Å². The molecule has 0 bridgehead atoms. The molecule has 4 atom stereocenters. The summed E-state index contributed by atoms with van der Waals surface area (Å²) in [5.74, 6) is -4.33. The van der Waals surface area contributed by atoms with Crippen molar-refractivity contribution in [1.29, 1.82) is 0 Å². The van der Waals surface area contributed by atoms with Gasteiger partial charge in [-0.25, -0.2) is 0 Å². The second kappa shape index (κ2) is 16.1. The van der Waals surface area contributed by atoms with E-state index in [2.05, 4.69) is 31.6 Å². The molecule has 0 aromatic carbocycles. The molecule has 14 heteroatoms. The van der Waals surface area contributed by atoms with Crippen LogP contribution in [-0.4, -0.2) is 82.9 Å². The summed E-state index contributed by atoms with van der Waals surface area (Å²) < 4.78 is 0. The molecule has 0 saturated carbocycles. The lowest BCUT2D eigenvalue weighted by molar-refractivity contribution is -0.138. The molecule has 1 aliphatic rings. The molecule has 1 fully saturated rings. The summed E-state index contributed by atoms with van der Waals surface area (Å²) in [6.07, 6.45) is 2.64. The molecule has 0 unspecified atom stereocenters. The number of aliphatic carboxylic acids is 1. The number of rotatable bonds is 16. The fourth-order valence-electron chi connectivity index (χ4n) is 4.17. The van der Waals surface area contributed by atoms with E-state index in [1.807, 2.05) is 13.8 Å². The maximum absolute atomic E-state index is 13.4. The number of amides is 5. The van der Waals surface area contributed by atoms with Gasteiger partial charge < -0.3 is 37.4 Å². The number of primary amides is 1. The Morgan fingerprint density at radius 1 is 1.02 bits per heavy atom. The first-order valence-electron chi connectivity index (χ1n) is 13.3. The van der Waals surface area contributed by atoms with E-state index in [0.717, 1.165) is 13.0 Å². The van der Waals surface area contributed by atoms with Gasteiger partial charge in [-0.2, -0.15) is 0 Å². The third-order valence-electron chi connectivity index (χ3n) is 6.28. The highest BCUT2D eigenvalue weighted by Gasteiger charge is 2.30. The average Bonchev–Trinajstić information content (AvgIpc) is 3.45. The summed E-state index contributed by atoms with van der Waals surface area (Å²) in [4.78, 5) is 78.2. The van der Waals surface area contributed by atoms with Gasteiger partial charge >= 0.3 is 5.97 Å². The molecule has 1 aromatic heterocycles. The Morgan fingerprint density at radius 3 is 2.30 bits per heavy atom. The van der Waals surface area contributed by atoms with E-state index in [1.54, 1.807) is 12.1 Å². The van der Waals surface area contributed by atoms with Crippen molar-refractivity contribution < 1.29 is 33.9 Å². The Morgan fingerprint density at radius 2 is 1.73 bits per heavy atom. The van der Waals surface area contributed by atoms with Crippen LogP contribution in [0.4, 0.5) is 0 Å². The summed E-state index contributed by atoms with van der Waals surface area (Å²) in [7, 11) is 0. The molecule has 0 spiro atoms. The second-order valence-corrected chi connectivity index (χ2v) is 10.1. The lowest BCUT2D eigenvalue weighted by atomic mass is 10.0. The normalized spacial score (nSPS) is 16.8. The SMILES string of the molecule is CC(C)C[C@H](NC(=O)[C@H](CCNC(=O)[C@H]1CCCN1)NC(=O)c1ccccn1)C(=O)N[C@@H](CCC(=O)O)C(N)=O. The fourth-order valence-corrected chi connectivity index (χ4v) is 4.17. The largest absolute Gasteiger partial charge is 0.481 e. The van der Waals surface area contributed by atoms with E-state index in [4.69, 9.17) is 10.8 Å². The van der Waals surface area contributed by atoms with Gasteiger partial charge in [0, 0.05) is 19.2 Å². The highest BCUT2D eigenvalue weighted by atomic mass is 16.4. The molecule has 0 aliphatic carbocycles. The number of carbonyl (C=O) groups is 6. The van der Waals surface area contributed by atoms with Gasteiger partial charge in [0.25, 0.3) is 5.91 Å². The molecule has 8 N–H and O–H groups in total. The fraction of sp³-hybridized carbons (Fsp3) is 0.577. The minimum Gasteiger partial charge on any atom is -0.481 e. The van der Waals surface area contributed by atoms with Gasteiger partial charge in [-0.1, -0.05) is 19.9 Å². The van der Waals surface area contributed by atoms with Crippen LogP contribution in [0.2, 0.25) is 0 Å². The molecule has 220 valence electrons. The molecule has 1 saturated heterocycles. The van der Waals surface area contributed by atoms with Crippen LogP contribution < -0.4 is 32.3 Å². The van der Waals surface area contributed by atoms with E-state index in [9.17, 15) is 28.8 Å². The summed E-state index contributed by atoms with van der Waals surface area (Å²) in [5, 5.41) is 22.4. The van der Waals surface area contributed by atoms with Crippen LogP contribution in [0.15, 0.2) is 24.4 Å². The van der Waals surface area contributed by atoms with Crippen molar-refractivity contribution in [3.63, 3.8) is 0 Å². The number of nitrogens with one attached hydrogen (secondary N) is 5. The van der Waals surface area contributed by atoms with Crippen LogP contribution in [0.1, 0.15) is 62.9 Å². The Hall–Kier alpha value is -4.07. The summed E-state index contributed by atoms with van der Waals surface area (Å²) in [6, 6.07) is 0.947. The Labute approximate surface area is 232 Å². The number of hydrogen-bond acceptors (Lipinski definition) is 8. The van der Waals surface area contributed by atoms with Crippen molar-refractivity contribution >= 4 is 35.5 Å². The molecule has 1 aromatic rings. The van der Waals surface area contributed by atoms with Crippen molar-refractivity contribution in [1.82, 2.24) is 31.6 Å². The summed E-state index contributed by atoms with van der Waals surface area (Å²) in [6.45, 7) is 4.48. The first-order chi connectivity index (χ1) is 19.0. The lowest BCUT2D eigenvalue weighted by Gasteiger charge is -2.26. The van der Waals surface area contributed by atoms with E-state index < -0.39 is 54.1 Å². The van der Waals surface area contributed by atoms with Gasteiger partial charge in [-0.05, 0) is 56.7 Å². The zero-order valence-electron chi connectivity index (χ0n) is 22.8. The van der Waals surface area contributed by atoms with E-state index in [1.165, 1.54) is 12.3 Å². The Bertz CT molecular complexity index is 1050. The molecule has 40 heavy (non-hydrogen) atoms. The molecular formula is C26H39N7O7. The molecule has 2 heterocycles. The molecule has 5 amide bonds. The highest BCUT2D eigenvalue weighted by molar-refractivity contribution is 5.97. The number of carboxylic acids is 1. The maximum atomic E-state index is 13.4. The predicted octanol–water partition coefficient (Wildman–Crippen LogP) is -1.20. The number of nitrogens with two attached hydrogens (primary N) is 1. The predicted molar refractivity (Wildman–Crippen MR) is 144 cm³/mol. The van der Waals surface area contributed by atoms with Gasteiger partial charge in [0.2, 0.25) is 23.6 Å². The number of aromatic nitrogens is 1. The van der Waals surface area contributed by atoms with Crippen molar-refractivity contribution in [3.05, 3.63) is 30.1 Å². The van der Waals surface area contributed by atoms with Crippen LogP contribution in [0.5, 0.6) is 0 Å². The van der Waals surface area contributed by atoms with Crippen LogP contribution >= 0.6 is 0 Å². The monoisotopic (exact) mass is 561 g/mol. The van der Waals surface area contributed by atoms with Crippen molar-refractivity contribution in [2.45, 2.75) is 76.5 Å². The van der Waals surface area contributed by atoms with Gasteiger partial charge in [-0.3, -0.25) is 33.8 Å². The molecule has 14 nitrogen and oxygen atoms in total. The third-order valence-corrected chi connectivity index (χ3v) is 6.28. The van der Waals surface area contributed by atoms with Gasteiger partial charge in [-0.15, -0.1) is 0 Å². The van der Waals surface area contributed by atoms with Crippen molar-refractivity contribution in [2.75, 3.05) is 13.1 Å². The average molecular weight is 562 g/mol. The number of hydrogen-bond donors (Lipinski definition) is 7. The zero-order valence-corrected chi connectivity index (χ0v) is 22.8. The van der Waals surface area contributed by atoms with E-state index >= 15 is 0 Å². The first-order valence-corrected chi connectivity index (χ1v) is 13.3. The van der Waals surface area contributed by atoms with Gasteiger partial charge in [0.05, 0.1) is 6.04 Å². The van der Waals surface area contributed by atoms with Crippen LogP contribution in [0, 0.1) is 5.92 Å². The smallest absolute Gasteiger partial charge is 0.303 e. The lowest BCUT2D eigenvalue weighted by Crippen LogP contribution is -2.57. The van der Waals surface area contributed by atoms with Gasteiger partial charge in [0.1, 0.15) is 23.8 Å². The molecule has 1 aliphatic heterocycles. The van der Waals surface area contributed by atoms with Crippen molar-refractivity contribution in [3.8, 4) is 0 Å². The zero-order chi connectivity index (χ0) is 29.7. The van der Waals surface area contributed by atoms with Gasteiger partial charge in [0.15, 0.2) is 0 Å². The number of carbonyl (C=O) groups excluding carboxylic acids is 5. The first kappa shape index (κ1) is 32.1. The standard InChI is InChI=1S/C26H39N7O7/c1-15(2)14-20(26(40)31-16(22(27)36)8-9-21(34)35)33-25(39)19(32-24(38)18-6-3-4-11-28-18)10-13-30-23(37)17-7-5-12-29-17/h3-4,6,11,15-17,19-20,29H,5,7-10,12-14H2,1-2H3,(H2,27,36)(H,30,37)(H,31,40)(H,32,38)(H,33,39)(H,34,35)/t16-,17+,19-,20-/m0/s1. The number of nitrogens with zero attached hydrogens (tertiary/aromatic N) is 1. The third kappa shape index (κ3) is 11.0. The van der Waals surface area contributed by atoms with E-state index in [-0.39, 0.29) is 49.4 Å². The van der Waals surface area contributed by atoms with Crippen molar-refractivity contribution in [2.24, 2.45) is 11.7 Å². The topological polar surface area (TPSA) is 222 Å². The second-order valence-electron chi connectivity index (χ2n) is 10.1. The van der Waals surface area contributed by atoms with Crippen LogP contribution in [0.25, 0.3) is 0 Å². The maximum Gasteiger partial charge on any atom is 0.303 e. The molecule has 2 rings (SSSR count). The Balaban J connectivity index is 2.14.